The zero-order chi connectivity index (χ0) is 26.9. The van der Waals surface area contributed by atoms with Gasteiger partial charge in [-0.1, -0.05) is 85.8 Å². The summed E-state index contributed by atoms with van der Waals surface area (Å²) in [7, 11) is 0. The molecule has 2 unspecified atom stereocenters. The first-order valence-corrected chi connectivity index (χ1v) is 13.9. The molecule has 3 nitrogen and oxygen atoms in total. The maximum Gasteiger partial charge on any atom is 0.0585 e. The highest BCUT2D eigenvalue weighted by atomic mass is 15.2. The molecule has 0 bridgehead atoms. The van der Waals surface area contributed by atoms with Crippen molar-refractivity contribution in [2.45, 2.75) is 13.0 Å². The van der Waals surface area contributed by atoms with Crippen LogP contribution in [0.2, 0.25) is 0 Å². The van der Waals surface area contributed by atoms with Gasteiger partial charge in [0, 0.05) is 50.2 Å². The van der Waals surface area contributed by atoms with E-state index in [1.165, 1.54) is 22.1 Å². The number of hydrogen-bond donors (Lipinski definition) is 1. The molecule has 3 heteroatoms. The fraction of sp³-hybridized carbons (Fsp3) is 0.0811. The van der Waals surface area contributed by atoms with Crippen LogP contribution in [-0.4, -0.2) is 11.0 Å². The quantitative estimate of drug-likeness (QED) is 0.237. The van der Waals surface area contributed by atoms with Crippen molar-refractivity contribution in [3.05, 3.63) is 152 Å². The van der Waals surface area contributed by atoms with Gasteiger partial charge in [0.1, 0.15) is 0 Å². The molecule has 40 heavy (non-hydrogen) atoms. The van der Waals surface area contributed by atoms with E-state index in [-0.39, 0.29) is 6.04 Å². The van der Waals surface area contributed by atoms with Crippen LogP contribution in [0.3, 0.4) is 0 Å². The number of para-hydroxylation sites is 3. The molecule has 1 aliphatic rings. The van der Waals surface area contributed by atoms with Crippen LogP contribution in [0.25, 0.3) is 21.8 Å². The van der Waals surface area contributed by atoms with Gasteiger partial charge in [0.05, 0.1) is 6.04 Å². The summed E-state index contributed by atoms with van der Waals surface area (Å²) in [6, 6.07) is 45.6. The number of H-pyrrole nitrogens is 1. The number of rotatable bonds is 6. The second kappa shape index (κ2) is 10.3. The minimum Gasteiger partial charge on any atom is -0.355 e. The summed E-state index contributed by atoms with van der Waals surface area (Å²) >= 11 is 0. The Balaban J connectivity index is 1.39. The van der Waals surface area contributed by atoms with Gasteiger partial charge in [-0.05, 0) is 78.7 Å². The molecule has 1 aliphatic carbocycles. The predicted octanol–water partition coefficient (Wildman–Crippen LogP) is 10.1. The molecule has 0 saturated heterocycles. The van der Waals surface area contributed by atoms with Crippen LogP contribution in [0.4, 0.5) is 28.4 Å². The maximum absolute atomic E-state index is 3.66. The van der Waals surface area contributed by atoms with E-state index >= 15 is 0 Å². The van der Waals surface area contributed by atoms with E-state index in [0.29, 0.717) is 5.92 Å². The lowest BCUT2D eigenvalue weighted by Gasteiger charge is -2.36. The molecule has 1 N–H and O–H groups in total. The van der Waals surface area contributed by atoms with E-state index in [1.54, 1.807) is 0 Å². The van der Waals surface area contributed by atoms with Crippen molar-refractivity contribution < 1.29 is 0 Å². The van der Waals surface area contributed by atoms with Crippen molar-refractivity contribution in [2.75, 3.05) is 9.80 Å². The molecule has 1 aromatic heterocycles. The van der Waals surface area contributed by atoms with Gasteiger partial charge < -0.3 is 14.8 Å². The van der Waals surface area contributed by atoms with Gasteiger partial charge in [-0.3, -0.25) is 0 Å². The van der Waals surface area contributed by atoms with Gasteiger partial charge in [-0.2, -0.15) is 0 Å². The number of hydrogen-bond acceptors (Lipinski definition) is 2. The van der Waals surface area contributed by atoms with E-state index in [2.05, 4.69) is 173 Å². The van der Waals surface area contributed by atoms with Crippen molar-refractivity contribution in [1.82, 2.24) is 4.98 Å². The van der Waals surface area contributed by atoms with Gasteiger partial charge in [0.15, 0.2) is 0 Å². The largest absolute Gasteiger partial charge is 0.355 e. The SMILES string of the molecule is CC1C=CC=CC1N(c1ccccc1)c1ccc2[nH]c3ccc(N(c4ccccc4)c4ccccc4)cc3c2c1. The minimum absolute atomic E-state index is 0.234. The van der Waals surface area contributed by atoms with Crippen molar-refractivity contribution in [1.29, 1.82) is 0 Å². The monoisotopic (exact) mass is 517 g/mol. The Morgan fingerprint density at radius 2 is 1.00 bits per heavy atom. The highest BCUT2D eigenvalue weighted by molar-refractivity contribution is 6.10. The van der Waals surface area contributed by atoms with Gasteiger partial charge in [0.25, 0.3) is 0 Å². The molecule has 2 atom stereocenters. The number of aromatic nitrogens is 1. The molecule has 0 spiro atoms. The Labute approximate surface area is 235 Å². The van der Waals surface area contributed by atoms with Crippen molar-refractivity contribution >= 4 is 50.2 Å². The zero-order valence-electron chi connectivity index (χ0n) is 22.5. The molecule has 0 fully saturated rings. The first-order chi connectivity index (χ1) is 19.8. The number of nitrogens with zero attached hydrogens (tertiary/aromatic N) is 2. The summed E-state index contributed by atoms with van der Waals surface area (Å²) in [5.74, 6) is 0.390. The lowest BCUT2D eigenvalue weighted by Crippen LogP contribution is -2.35. The molecule has 5 aromatic carbocycles. The van der Waals surface area contributed by atoms with Crippen molar-refractivity contribution in [3.8, 4) is 0 Å². The van der Waals surface area contributed by atoms with Crippen LogP contribution in [0.15, 0.2) is 152 Å². The topological polar surface area (TPSA) is 22.3 Å². The average molecular weight is 518 g/mol. The summed E-state index contributed by atoms with van der Waals surface area (Å²) in [6.45, 7) is 2.29. The smallest absolute Gasteiger partial charge is 0.0585 e. The fourth-order valence-corrected chi connectivity index (χ4v) is 5.87. The van der Waals surface area contributed by atoms with E-state index < -0.39 is 0 Å². The Hall–Kier alpha value is -5.02. The minimum atomic E-state index is 0.234. The number of benzene rings is 5. The second-order valence-corrected chi connectivity index (χ2v) is 10.4. The molecular formula is C37H31N3. The summed E-state index contributed by atoms with van der Waals surface area (Å²) < 4.78 is 0. The van der Waals surface area contributed by atoms with Gasteiger partial charge >= 0.3 is 0 Å². The van der Waals surface area contributed by atoms with Gasteiger partial charge in [0.2, 0.25) is 0 Å². The van der Waals surface area contributed by atoms with Crippen LogP contribution < -0.4 is 9.80 Å². The van der Waals surface area contributed by atoms with Crippen LogP contribution in [0, 0.1) is 5.92 Å². The third-order valence-electron chi connectivity index (χ3n) is 7.84. The highest BCUT2D eigenvalue weighted by Crippen LogP contribution is 2.40. The fourth-order valence-electron chi connectivity index (χ4n) is 5.87. The Bertz CT molecular complexity index is 1780. The summed E-state index contributed by atoms with van der Waals surface area (Å²) in [6.07, 6.45) is 8.92. The summed E-state index contributed by atoms with van der Waals surface area (Å²) in [5.41, 5.74) is 8.05. The van der Waals surface area contributed by atoms with Crippen LogP contribution >= 0.6 is 0 Å². The average Bonchev–Trinajstić information content (AvgIpc) is 3.38. The number of allylic oxidation sites excluding steroid dienone is 2. The molecular weight excluding hydrogens is 486 g/mol. The van der Waals surface area contributed by atoms with Crippen LogP contribution in [0.1, 0.15) is 6.92 Å². The zero-order valence-corrected chi connectivity index (χ0v) is 22.5. The lowest BCUT2D eigenvalue weighted by molar-refractivity contribution is 0.609. The van der Waals surface area contributed by atoms with Gasteiger partial charge in [-0.25, -0.2) is 0 Å². The van der Waals surface area contributed by atoms with E-state index in [4.69, 9.17) is 0 Å². The number of aromatic amines is 1. The molecule has 6 aromatic rings. The lowest BCUT2D eigenvalue weighted by atomic mass is 9.94. The van der Waals surface area contributed by atoms with E-state index in [9.17, 15) is 0 Å². The van der Waals surface area contributed by atoms with Crippen molar-refractivity contribution in [3.63, 3.8) is 0 Å². The molecule has 0 saturated carbocycles. The molecule has 7 rings (SSSR count). The standard InChI is InChI=1S/C37H31N3/c1-27-13-11-12-20-37(27)40(30-18-9-4-10-19-30)32-22-24-36-34(26-32)33-25-31(21-23-35(33)38-36)39(28-14-5-2-6-15-28)29-16-7-3-8-17-29/h2-27,37-38H,1H3. The van der Waals surface area contributed by atoms with Crippen molar-refractivity contribution in [2.24, 2.45) is 5.92 Å². The number of anilines is 5. The second-order valence-electron chi connectivity index (χ2n) is 10.4. The number of fused-ring (bicyclic) bond motifs is 3. The molecule has 0 amide bonds. The molecule has 194 valence electrons. The van der Waals surface area contributed by atoms with Gasteiger partial charge in [-0.15, -0.1) is 0 Å². The maximum atomic E-state index is 3.66. The summed E-state index contributed by atoms with van der Waals surface area (Å²) in [5, 5.41) is 2.44. The highest BCUT2D eigenvalue weighted by Gasteiger charge is 2.24. The molecule has 0 radical (unpaired) electrons. The molecule has 1 heterocycles. The normalized spacial score (nSPS) is 16.4. The van der Waals surface area contributed by atoms with E-state index in [1.807, 2.05) is 0 Å². The predicted molar refractivity (Wildman–Crippen MR) is 170 cm³/mol. The third-order valence-corrected chi connectivity index (χ3v) is 7.84. The first-order valence-electron chi connectivity index (χ1n) is 13.9. The third kappa shape index (κ3) is 4.36. The van der Waals surface area contributed by atoms with Crippen LogP contribution in [-0.2, 0) is 0 Å². The molecule has 0 aliphatic heterocycles. The Morgan fingerprint density at radius 1 is 0.500 bits per heavy atom. The van der Waals surface area contributed by atoms with E-state index in [0.717, 1.165) is 28.1 Å². The first kappa shape index (κ1) is 24.1. The van der Waals surface area contributed by atoms with Crippen LogP contribution in [0.5, 0.6) is 0 Å². The summed E-state index contributed by atoms with van der Waals surface area (Å²) in [4.78, 5) is 8.44. The number of nitrogens with one attached hydrogen (secondary N) is 1. The Kier molecular flexibility index (Phi) is 6.18. The Morgan fingerprint density at radius 3 is 1.57 bits per heavy atom.